The smallest absolute Gasteiger partial charge is 0.226 e. The fourth-order valence-electron chi connectivity index (χ4n) is 3.97. The van der Waals surface area contributed by atoms with Gasteiger partial charge in [0.1, 0.15) is 17.3 Å². The molecule has 3 heterocycles. The third kappa shape index (κ3) is 4.93. The molecule has 2 aromatic carbocycles. The lowest BCUT2D eigenvalue weighted by Crippen LogP contribution is -2.13. The van der Waals surface area contributed by atoms with Crippen molar-refractivity contribution in [2.24, 2.45) is 0 Å². The van der Waals surface area contributed by atoms with Crippen molar-refractivity contribution in [2.45, 2.75) is 32.7 Å². The van der Waals surface area contributed by atoms with Crippen LogP contribution in [0.25, 0.3) is 11.5 Å². The van der Waals surface area contributed by atoms with Gasteiger partial charge in [-0.3, -0.25) is 5.10 Å². The second-order valence-electron chi connectivity index (χ2n) is 8.26. The standard InChI is InChI=1S/C27H27N5O2/c1-19-24(29-27(34-19)22-8-4-3-5-9-22)14-17-33-23-12-10-21(11-13-23)18-25(32-15-6-7-16-32)26-28-20(2)30-31-26/h3-13,15-16,25H,14,17-18H2,1-2H3,(H,28,30,31). The van der Waals surface area contributed by atoms with E-state index >= 15 is 0 Å². The maximum atomic E-state index is 5.98. The number of benzene rings is 2. The van der Waals surface area contributed by atoms with Gasteiger partial charge in [-0.15, -0.1) is 0 Å². The maximum absolute atomic E-state index is 5.98. The van der Waals surface area contributed by atoms with E-state index in [1.165, 1.54) is 5.56 Å². The molecule has 0 aliphatic carbocycles. The summed E-state index contributed by atoms with van der Waals surface area (Å²) in [5.74, 6) is 3.91. The van der Waals surface area contributed by atoms with Crippen LogP contribution in [0.15, 0.2) is 83.5 Å². The fourth-order valence-corrected chi connectivity index (χ4v) is 3.97. The molecule has 1 N–H and O–H groups in total. The Bertz CT molecular complexity index is 1320. The minimum atomic E-state index is 0.0284. The molecule has 3 aromatic heterocycles. The summed E-state index contributed by atoms with van der Waals surface area (Å²) in [6.07, 6.45) is 5.56. The van der Waals surface area contributed by atoms with Crippen molar-refractivity contribution in [1.29, 1.82) is 0 Å². The maximum Gasteiger partial charge on any atom is 0.226 e. The lowest BCUT2D eigenvalue weighted by molar-refractivity contribution is 0.319. The van der Waals surface area contributed by atoms with E-state index in [4.69, 9.17) is 9.15 Å². The number of nitrogens with one attached hydrogen (secondary N) is 1. The number of nitrogens with zero attached hydrogens (tertiary/aromatic N) is 4. The van der Waals surface area contributed by atoms with Crippen LogP contribution in [0.1, 0.15) is 34.7 Å². The fraction of sp³-hybridized carbons (Fsp3) is 0.222. The molecule has 172 valence electrons. The molecule has 0 saturated carbocycles. The SMILES string of the molecule is Cc1nc(C(Cc2ccc(OCCc3nc(-c4ccccc4)oc3C)cc2)n2cccc2)n[nH]1. The predicted molar refractivity (Wildman–Crippen MR) is 130 cm³/mol. The number of aryl methyl sites for hydroxylation is 2. The number of hydrogen-bond donors (Lipinski definition) is 1. The number of ether oxygens (including phenoxy) is 1. The lowest BCUT2D eigenvalue weighted by Gasteiger charge is -2.16. The highest BCUT2D eigenvalue weighted by atomic mass is 16.5. The van der Waals surface area contributed by atoms with E-state index in [0.717, 1.165) is 40.8 Å². The summed E-state index contributed by atoms with van der Waals surface area (Å²) in [7, 11) is 0. The average Bonchev–Trinajstić information content (AvgIpc) is 3.61. The summed E-state index contributed by atoms with van der Waals surface area (Å²) in [6, 6.07) is 22.2. The molecule has 1 atom stereocenters. The van der Waals surface area contributed by atoms with E-state index in [-0.39, 0.29) is 6.04 Å². The Morgan fingerprint density at radius 3 is 2.41 bits per heavy atom. The predicted octanol–water partition coefficient (Wildman–Crippen LogP) is 5.33. The van der Waals surface area contributed by atoms with E-state index in [1.54, 1.807) is 0 Å². The zero-order chi connectivity index (χ0) is 23.3. The zero-order valence-electron chi connectivity index (χ0n) is 19.3. The molecule has 0 amide bonds. The van der Waals surface area contributed by atoms with E-state index in [1.807, 2.05) is 80.8 Å². The van der Waals surface area contributed by atoms with Crippen LogP contribution in [0.5, 0.6) is 5.75 Å². The highest BCUT2D eigenvalue weighted by molar-refractivity contribution is 5.53. The Morgan fingerprint density at radius 2 is 1.71 bits per heavy atom. The van der Waals surface area contributed by atoms with Crippen molar-refractivity contribution in [2.75, 3.05) is 6.61 Å². The van der Waals surface area contributed by atoms with Crippen LogP contribution in [-0.2, 0) is 12.8 Å². The van der Waals surface area contributed by atoms with Crippen LogP contribution >= 0.6 is 0 Å². The molecule has 0 fully saturated rings. The van der Waals surface area contributed by atoms with E-state index in [0.29, 0.717) is 18.9 Å². The van der Waals surface area contributed by atoms with Gasteiger partial charge in [-0.25, -0.2) is 9.97 Å². The molecule has 0 aliphatic heterocycles. The summed E-state index contributed by atoms with van der Waals surface area (Å²) < 4.78 is 14.0. The summed E-state index contributed by atoms with van der Waals surface area (Å²) in [4.78, 5) is 9.20. The quantitative estimate of drug-likeness (QED) is 0.326. The Hall–Kier alpha value is -4.13. The van der Waals surface area contributed by atoms with Crippen molar-refractivity contribution >= 4 is 0 Å². The molecule has 0 aliphatic rings. The number of rotatable bonds is 9. The van der Waals surface area contributed by atoms with Gasteiger partial charge < -0.3 is 13.7 Å². The minimum Gasteiger partial charge on any atom is -0.493 e. The molecule has 1 unspecified atom stereocenters. The molecule has 0 spiro atoms. The third-order valence-electron chi connectivity index (χ3n) is 5.77. The Balaban J connectivity index is 1.20. The number of hydrogen-bond acceptors (Lipinski definition) is 5. The Morgan fingerprint density at radius 1 is 0.941 bits per heavy atom. The van der Waals surface area contributed by atoms with Gasteiger partial charge in [-0.2, -0.15) is 5.10 Å². The van der Waals surface area contributed by atoms with Crippen molar-refractivity contribution in [3.63, 3.8) is 0 Å². The monoisotopic (exact) mass is 453 g/mol. The van der Waals surface area contributed by atoms with Gasteiger partial charge in [0.05, 0.1) is 18.3 Å². The van der Waals surface area contributed by atoms with Crippen LogP contribution in [0.3, 0.4) is 0 Å². The first kappa shape index (κ1) is 21.7. The van der Waals surface area contributed by atoms with E-state index in [2.05, 4.69) is 36.9 Å². The first-order chi connectivity index (χ1) is 16.7. The van der Waals surface area contributed by atoms with Crippen LogP contribution in [0, 0.1) is 13.8 Å². The zero-order valence-corrected chi connectivity index (χ0v) is 19.3. The second-order valence-corrected chi connectivity index (χ2v) is 8.26. The Labute approximate surface area is 198 Å². The van der Waals surface area contributed by atoms with Crippen molar-refractivity contribution in [3.05, 3.63) is 108 Å². The number of aromatic amines is 1. The largest absolute Gasteiger partial charge is 0.493 e. The van der Waals surface area contributed by atoms with Gasteiger partial charge >= 0.3 is 0 Å². The first-order valence-electron chi connectivity index (χ1n) is 11.4. The topological polar surface area (TPSA) is 81.8 Å². The number of aromatic nitrogens is 5. The highest BCUT2D eigenvalue weighted by Gasteiger charge is 2.18. The number of H-pyrrole nitrogens is 1. The average molecular weight is 454 g/mol. The van der Waals surface area contributed by atoms with E-state index in [9.17, 15) is 0 Å². The van der Waals surface area contributed by atoms with Crippen LogP contribution in [-0.4, -0.2) is 31.3 Å². The minimum absolute atomic E-state index is 0.0284. The van der Waals surface area contributed by atoms with Gasteiger partial charge in [0.15, 0.2) is 5.82 Å². The molecule has 0 bridgehead atoms. The van der Waals surface area contributed by atoms with Gasteiger partial charge in [0.2, 0.25) is 5.89 Å². The van der Waals surface area contributed by atoms with Crippen LogP contribution in [0.2, 0.25) is 0 Å². The molecule has 5 rings (SSSR count). The normalized spacial score (nSPS) is 12.1. The summed E-state index contributed by atoms with van der Waals surface area (Å²) in [5.41, 5.74) is 3.09. The van der Waals surface area contributed by atoms with Gasteiger partial charge in [-0.1, -0.05) is 30.3 Å². The Kier molecular flexibility index (Phi) is 6.25. The summed E-state index contributed by atoms with van der Waals surface area (Å²) in [5, 5.41) is 7.34. The molecular formula is C27H27N5O2. The van der Waals surface area contributed by atoms with Crippen molar-refractivity contribution < 1.29 is 9.15 Å². The van der Waals surface area contributed by atoms with Gasteiger partial charge in [0, 0.05) is 30.8 Å². The lowest BCUT2D eigenvalue weighted by atomic mass is 10.1. The van der Waals surface area contributed by atoms with Gasteiger partial charge in [-0.05, 0) is 55.8 Å². The molecule has 7 nitrogen and oxygen atoms in total. The van der Waals surface area contributed by atoms with E-state index < -0.39 is 0 Å². The third-order valence-corrected chi connectivity index (χ3v) is 5.77. The molecule has 0 saturated heterocycles. The van der Waals surface area contributed by atoms with Crippen LogP contribution in [0.4, 0.5) is 0 Å². The second kappa shape index (κ2) is 9.79. The van der Waals surface area contributed by atoms with Gasteiger partial charge in [0.25, 0.3) is 0 Å². The number of oxazole rings is 1. The van der Waals surface area contributed by atoms with Crippen LogP contribution < -0.4 is 4.74 Å². The molecule has 0 radical (unpaired) electrons. The summed E-state index contributed by atoms with van der Waals surface area (Å²) in [6.45, 7) is 4.39. The van der Waals surface area contributed by atoms with Crippen molar-refractivity contribution in [3.8, 4) is 17.2 Å². The molecule has 5 aromatic rings. The first-order valence-corrected chi connectivity index (χ1v) is 11.4. The van der Waals surface area contributed by atoms with Crippen molar-refractivity contribution in [1.82, 2.24) is 24.7 Å². The highest BCUT2D eigenvalue weighted by Crippen LogP contribution is 2.24. The molecule has 7 heteroatoms. The molecular weight excluding hydrogens is 426 g/mol. The summed E-state index contributed by atoms with van der Waals surface area (Å²) >= 11 is 0. The molecule has 34 heavy (non-hydrogen) atoms.